The van der Waals surface area contributed by atoms with Crippen molar-refractivity contribution in [3.63, 3.8) is 0 Å². The molecule has 1 N–H and O–H groups in total. The molecule has 1 aliphatic rings. The molecular weight excluding hydrogens is 442 g/mol. The Morgan fingerprint density at radius 3 is 2.75 bits per heavy atom. The molecule has 6 nitrogen and oxygen atoms in total. The summed E-state index contributed by atoms with van der Waals surface area (Å²) in [5, 5.41) is 3.82. The number of nitrogens with zero attached hydrogens (tertiary/aromatic N) is 2. The first kappa shape index (κ1) is 22.9. The van der Waals surface area contributed by atoms with E-state index in [0.29, 0.717) is 16.6 Å². The Morgan fingerprint density at radius 2 is 2.00 bits per heavy atom. The monoisotopic (exact) mass is 471 g/mol. The van der Waals surface area contributed by atoms with Gasteiger partial charge in [-0.2, -0.15) is 0 Å². The first-order valence-electron chi connectivity index (χ1n) is 11.1. The maximum atomic E-state index is 13.9. The summed E-state index contributed by atoms with van der Waals surface area (Å²) in [6.07, 6.45) is 5.36. The summed E-state index contributed by atoms with van der Waals surface area (Å²) in [6, 6.07) is 7.48. The third-order valence-corrected chi connectivity index (χ3v) is 7.84. The van der Waals surface area contributed by atoms with Gasteiger partial charge in [0, 0.05) is 17.0 Å². The highest BCUT2D eigenvalue weighted by Gasteiger charge is 2.25. The van der Waals surface area contributed by atoms with Crippen LogP contribution in [0, 0.1) is 0 Å². The Bertz CT molecular complexity index is 1200. The molecule has 1 unspecified atom stereocenters. The van der Waals surface area contributed by atoms with Gasteiger partial charge in [0.25, 0.3) is 5.56 Å². The van der Waals surface area contributed by atoms with Crippen LogP contribution in [0.2, 0.25) is 0 Å². The normalized spacial score (nSPS) is 14.8. The molecule has 32 heavy (non-hydrogen) atoms. The highest BCUT2D eigenvalue weighted by Crippen LogP contribution is 2.35. The molecule has 1 atom stereocenters. The fourth-order valence-electron chi connectivity index (χ4n) is 4.03. The van der Waals surface area contributed by atoms with Gasteiger partial charge in [-0.3, -0.25) is 14.2 Å². The zero-order valence-electron chi connectivity index (χ0n) is 18.9. The number of amides is 1. The summed E-state index contributed by atoms with van der Waals surface area (Å²) < 4.78 is 7.04. The van der Waals surface area contributed by atoms with E-state index in [-0.39, 0.29) is 17.5 Å². The van der Waals surface area contributed by atoms with E-state index in [9.17, 15) is 9.59 Å². The Kier molecular flexibility index (Phi) is 6.90. The number of thiophene rings is 1. The zero-order chi connectivity index (χ0) is 22.8. The quantitative estimate of drug-likeness (QED) is 0.320. The number of ether oxygens (including phenoxy) is 1. The van der Waals surface area contributed by atoms with Crippen molar-refractivity contribution in [1.82, 2.24) is 14.9 Å². The number of hydrogen-bond donors (Lipinski definition) is 1. The van der Waals surface area contributed by atoms with E-state index >= 15 is 0 Å². The molecule has 0 saturated carbocycles. The molecule has 1 amide bonds. The van der Waals surface area contributed by atoms with E-state index in [1.807, 2.05) is 45.0 Å². The summed E-state index contributed by atoms with van der Waals surface area (Å²) in [6.45, 7) is 5.72. The van der Waals surface area contributed by atoms with E-state index in [4.69, 9.17) is 9.72 Å². The van der Waals surface area contributed by atoms with Gasteiger partial charge in [0.15, 0.2) is 5.16 Å². The van der Waals surface area contributed by atoms with Gasteiger partial charge in [0.05, 0.1) is 23.4 Å². The van der Waals surface area contributed by atoms with Crippen LogP contribution in [-0.2, 0) is 17.6 Å². The molecule has 0 fully saturated rings. The predicted octanol–water partition coefficient (Wildman–Crippen LogP) is 4.73. The standard InChI is InChI=1S/C24H29N3O3S2/c1-14(2)25-21(28)15(3)31-24-26-22-20(18-11-6-5-7-12-19(18)32-22)23(29)27(24)16-9-8-10-17(13-16)30-4/h8-10,13-15H,5-7,11-12H2,1-4H3,(H,25,28). The van der Waals surface area contributed by atoms with E-state index in [1.54, 1.807) is 23.0 Å². The van der Waals surface area contributed by atoms with Gasteiger partial charge < -0.3 is 10.1 Å². The van der Waals surface area contributed by atoms with Gasteiger partial charge >= 0.3 is 0 Å². The number of methoxy groups -OCH3 is 1. The van der Waals surface area contributed by atoms with Crippen molar-refractivity contribution >= 4 is 39.2 Å². The molecule has 0 spiro atoms. The number of fused-ring (bicyclic) bond motifs is 3. The number of nitrogens with one attached hydrogen (secondary N) is 1. The number of aryl methyl sites for hydroxylation is 2. The molecule has 0 saturated heterocycles. The molecule has 0 radical (unpaired) electrons. The minimum absolute atomic E-state index is 0.0505. The van der Waals surface area contributed by atoms with E-state index in [1.165, 1.54) is 28.6 Å². The van der Waals surface area contributed by atoms with Gasteiger partial charge in [0.2, 0.25) is 5.91 Å². The van der Waals surface area contributed by atoms with Gasteiger partial charge in [-0.15, -0.1) is 11.3 Å². The predicted molar refractivity (Wildman–Crippen MR) is 132 cm³/mol. The minimum Gasteiger partial charge on any atom is -0.497 e. The zero-order valence-corrected chi connectivity index (χ0v) is 20.6. The molecule has 1 aliphatic carbocycles. The van der Waals surface area contributed by atoms with Gasteiger partial charge in [-0.25, -0.2) is 4.98 Å². The first-order chi connectivity index (χ1) is 15.4. The van der Waals surface area contributed by atoms with Crippen molar-refractivity contribution in [2.75, 3.05) is 7.11 Å². The van der Waals surface area contributed by atoms with E-state index in [0.717, 1.165) is 35.9 Å². The Balaban J connectivity index is 1.89. The van der Waals surface area contributed by atoms with Crippen LogP contribution in [0.3, 0.4) is 0 Å². The van der Waals surface area contributed by atoms with Gasteiger partial charge in [0.1, 0.15) is 10.6 Å². The maximum Gasteiger partial charge on any atom is 0.267 e. The fraction of sp³-hybridized carbons (Fsp3) is 0.458. The topological polar surface area (TPSA) is 73.2 Å². The number of hydrogen-bond acceptors (Lipinski definition) is 6. The van der Waals surface area contributed by atoms with Crippen LogP contribution in [0.4, 0.5) is 0 Å². The average Bonchev–Trinajstić information content (AvgIpc) is 2.94. The molecule has 4 rings (SSSR count). The largest absolute Gasteiger partial charge is 0.497 e. The number of aromatic nitrogens is 2. The lowest BCUT2D eigenvalue weighted by Gasteiger charge is -2.17. The van der Waals surface area contributed by atoms with Crippen LogP contribution in [-0.4, -0.2) is 33.9 Å². The van der Waals surface area contributed by atoms with Crippen LogP contribution in [0.5, 0.6) is 5.75 Å². The molecule has 8 heteroatoms. The molecule has 3 aromatic rings. The summed E-state index contributed by atoms with van der Waals surface area (Å²) >= 11 is 2.95. The van der Waals surface area contributed by atoms with Gasteiger partial charge in [-0.05, 0) is 64.2 Å². The van der Waals surface area contributed by atoms with Crippen LogP contribution in [0.1, 0.15) is 50.5 Å². The lowest BCUT2D eigenvalue weighted by Crippen LogP contribution is -2.36. The molecule has 2 heterocycles. The number of thioether (sulfide) groups is 1. The molecule has 0 aliphatic heterocycles. The van der Waals surface area contributed by atoms with Crippen molar-refractivity contribution in [1.29, 1.82) is 0 Å². The molecule has 1 aromatic carbocycles. The smallest absolute Gasteiger partial charge is 0.267 e. The Hall–Kier alpha value is -2.32. The van der Waals surface area contributed by atoms with Crippen molar-refractivity contribution in [3.05, 3.63) is 45.1 Å². The number of carbonyl (C=O) groups excluding carboxylic acids is 1. The maximum absolute atomic E-state index is 13.9. The average molecular weight is 472 g/mol. The molecule has 0 bridgehead atoms. The highest BCUT2D eigenvalue weighted by atomic mass is 32.2. The minimum atomic E-state index is -0.392. The highest BCUT2D eigenvalue weighted by molar-refractivity contribution is 8.00. The lowest BCUT2D eigenvalue weighted by molar-refractivity contribution is -0.120. The second-order valence-corrected chi connectivity index (χ2v) is 10.8. The second kappa shape index (κ2) is 9.67. The summed E-state index contributed by atoms with van der Waals surface area (Å²) in [7, 11) is 1.61. The number of rotatable bonds is 6. The van der Waals surface area contributed by atoms with Crippen molar-refractivity contribution < 1.29 is 9.53 Å². The van der Waals surface area contributed by atoms with Gasteiger partial charge in [-0.1, -0.05) is 24.2 Å². The molecule has 2 aromatic heterocycles. The number of benzene rings is 1. The van der Waals surface area contributed by atoms with E-state index in [2.05, 4.69) is 5.32 Å². The number of carbonyl (C=O) groups is 1. The molecular formula is C24H29N3O3S2. The van der Waals surface area contributed by atoms with Crippen LogP contribution in [0.25, 0.3) is 15.9 Å². The summed E-state index contributed by atoms with van der Waals surface area (Å²) in [4.78, 5) is 33.5. The Labute approximate surface area is 196 Å². The van der Waals surface area contributed by atoms with Crippen molar-refractivity contribution in [3.8, 4) is 11.4 Å². The Morgan fingerprint density at radius 1 is 1.22 bits per heavy atom. The lowest BCUT2D eigenvalue weighted by atomic mass is 10.1. The SMILES string of the molecule is COc1cccc(-n2c(SC(C)C(=O)NC(C)C)nc3sc4c(c3c2=O)CCCCC4)c1. The summed E-state index contributed by atoms with van der Waals surface area (Å²) in [5.41, 5.74) is 1.79. The van der Waals surface area contributed by atoms with Crippen LogP contribution < -0.4 is 15.6 Å². The third kappa shape index (κ3) is 4.57. The van der Waals surface area contributed by atoms with Crippen molar-refractivity contribution in [2.45, 2.75) is 69.3 Å². The molecule has 170 valence electrons. The fourth-order valence-corrected chi connectivity index (χ4v) is 6.27. The summed E-state index contributed by atoms with van der Waals surface area (Å²) in [5.74, 6) is 0.596. The first-order valence-corrected chi connectivity index (χ1v) is 12.8. The van der Waals surface area contributed by atoms with E-state index < -0.39 is 5.25 Å². The van der Waals surface area contributed by atoms with Crippen molar-refractivity contribution in [2.24, 2.45) is 0 Å². The van der Waals surface area contributed by atoms with Crippen LogP contribution in [0.15, 0.2) is 34.2 Å². The van der Waals surface area contributed by atoms with Crippen LogP contribution >= 0.6 is 23.1 Å². The third-order valence-electron chi connectivity index (χ3n) is 5.60. The second-order valence-electron chi connectivity index (χ2n) is 8.40.